The first-order valence-electron chi connectivity index (χ1n) is 6.22. The number of nitrogen functional groups attached to an aromatic ring is 1. The van der Waals surface area contributed by atoms with E-state index in [1.807, 2.05) is 6.92 Å². The minimum Gasteiger partial charge on any atom is -0.399 e. The lowest BCUT2D eigenvalue weighted by molar-refractivity contribution is 0.495. The van der Waals surface area contributed by atoms with Gasteiger partial charge in [0.25, 0.3) is 0 Å². The van der Waals surface area contributed by atoms with Crippen molar-refractivity contribution in [3.63, 3.8) is 0 Å². The Morgan fingerprint density at radius 2 is 2.12 bits per heavy atom. The van der Waals surface area contributed by atoms with Crippen LogP contribution in [0.2, 0.25) is 0 Å². The average Bonchev–Trinajstić information content (AvgIpc) is 2.28. The molecule has 0 aliphatic carbocycles. The summed E-state index contributed by atoms with van der Waals surface area (Å²) in [5.41, 5.74) is 9.19. The predicted molar refractivity (Wildman–Crippen MR) is 71.4 cm³/mol. The third-order valence-corrected chi connectivity index (χ3v) is 2.99. The number of aryl methyl sites for hydroxylation is 1. The molecule has 1 atom stereocenters. The first-order chi connectivity index (χ1) is 7.63. The van der Waals surface area contributed by atoms with Crippen LogP contribution in [0.25, 0.3) is 0 Å². The van der Waals surface area contributed by atoms with E-state index in [2.05, 4.69) is 37.4 Å². The van der Waals surface area contributed by atoms with Crippen LogP contribution in [0, 0.1) is 6.92 Å². The summed E-state index contributed by atoms with van der Waals surface area (Å²) in [5.74, 6) is 0. The van der Waals surface area contributed by atoms with Gasteiger partial charge in [0.05, 0.1) is 0 Å². The number of nitrogens with one attached hydrogen (secondary N) is 1. The average molecular weight is 220 g/mol. The molecule has 0 aliphatic heterocycles. The van der Waals surface area contributed by atoms with Gasteiger partial charge in [-0.05, 0) is 37.5 Å². The van der Waals surface area contributed by atoms with E-state index in [0.29, 0.717) is 6.04 Å². The summed E-state index contributed by atoms with van der Waals surface area (Å²) >= 11 is 0. The summed E-state index contributed by atoms with van der Waals surface area (Å²) in [6.07, 6.45) is 3.81. The van der Waals surface area contributed by atoms with E-state index in [4.69, 9.17) is 5.73 Å². The first kappa shape index (κ1) is 13.0. The second kappa shape index (κ2) is 6.54. The van der Waals surface area contributed by atoms with Gasteiger partial charge in [-0.1, -0.05) is 31.9 Å². The van der Waals surface area contributed by atoms with E-state index in [0.717, 1.165) is 17.8 Å². The second-order valence-corrected chi connectivity index (χ2v) is 4.62. The van der Waals surface area contributed by atoms with Crippen LogP contribution in [-0.4, -0.2) is 6.04 Å². The molecular formula is C14H24N2. The normalized spacial score (nSPS) is 12.7. The third kappa shape index (κ3) is 4.23. The highest BCUT2D eigenvalue weighted by atomic mass is 14.9. The number of benzene rings is 1. The standard InChI is InChI=1S/C14H24N2/c1-4-5-6-12(3)16-10-13-8-7-11(2)14(15)9-13/h7-9,12,16H,4-6,10,15H2,1-3H3. The van der Waals surface area contributed by atoms with Gasteiger partial charge in [-0.2, -0.15) is 0 Å². The fraction of sp³-hybridized carbons (Fsp3) is 0.571. The Bertz CT molecular complexity index is 321. The van der Waals surface area contributed by atoms with Crippen LogP contribution in [0.5, 0.6) is 0 Å². The number of nitrogens with two attached hydrogens (primary N) is 1. The largest absolute Gasteiger partial charge is 0.399 e. The Morgan fingerprint density at radius 1 is 1.38 bits per heavy atom. The Balaban J connectivity index is 2.39. The molecule has 0 spiro atoms. The zero-order valence-electron chi connectivity index (χ0n) is 10.7. The molecule has 0 aromatic heterocycles. The molecule has 1 aromatic carbocycles. The molecule has 0 aliphatic rings. The number of rotatable bonds is 6. The quantitative estimate of drug-likeness (QED) is 0.722. The molecule has 1 aromatic rings. The van der Waals surface area contributed by atoms with E-state index in [1.54, 1.807) is 0 Å². The van der Waals surface area contributed by atoms with Crippen LogP contribution in [-0.2, 0) is 6.54 Å². The first-order valence-corrected chi connectivity index (χ1v) is 6.22. The predicted octanol–water partition coefficient (Wildman–Crippen LogP) is 3.25. The van der Waals surface area contributed by atoms with Gasteiger partial charge in [0.15, 0.2) is 0 Å². The highest BCUT2D eigenvalue weighted by molar-refractivity contribution is 5.48. The Hall–Kier alpha value is -1.02. The lowest BCUT2D eigenvalue weighted by Gasteiger charge is -2.13. The molecule has 1 unspecified atom stereocenters. The summed E-state index contributed by atoms with van der Waals surface area (Å²) in [4.78, 5) is 0. The van der Waals surface area contributed by atoms with E-state index in [1.165, 1.54) is 24.8 Å². The minimum absolute atomic E-state index is 0.586. The van der Waals surface area contributed by atoms with Gasteiger partial charge in [0, 0.05) is 18.3 Å². The molecule has 0 fully saturated rings. The fourth-order valence-corrected chi connectivity index (χ4v) is 1.70. The molecule has 2 heteroatoms. The van der Waals surface area contributed by atoms with Crippen molar-refractivity contribution in [3.8, 4) is 0 Å². The highest BCUT2D eigenvalue weighted by Gasteiger charge is 2.01. The second-order valence-electron chi connectivity index (χ2n) is 4.62. The van der Waals surface area contributed by atoms with Gasteiger partial charge in [0.1, 0.15) is 0 Å². The molecule has 0 radical (unpaired) electrons. The Labute approximate surface area is 99.2 Å². The molecule has 3 N–H and O–H groups in total. The van der Waals surface area contributed by atoms with Crippen molar-refractivity contribution in [1.82, 2.24) is 5.32 Å². The smallest absolute Gasteiger partial charge is 0.0346 e. The maximum Gasteiger partial charge on any atom is 0.0346 e. The molecule has 0 amide bonds. The molecule has 90 valence electrons. The zero-order chi connectivity index (χ0) is 12.0. The van der Waals surface area contributed by atoms with Gasteiger partial charge in [-0.25, -0.2) is 0 Å². The number of hydrogen-bond acceptors (Lipinski definition) is 2. The number of anilines is 1. The maximum atomic E-state index is 5.88. The topological polar surface area (TPSA) is 38.0 Å². The fourth-order valence-electron chi connectivity index (χ4n) is 1.70. The molecule has 16 heavy (non-hydrogen) atoms. The Kier molecular flexibility index (Phi) is 5.33. The maximum absolute atomic E-state index is 5.88. The van der Waals surface area contributed by atoms with E-state index < -0.39 is 0 Å². The summed E-state index contributed by atoms with van der Waals surface area (Å²) in [5, 5.41) is 3.52. The van der Waals surface area contributed by atoms with Gasteiger partial charge in [-0.3, -0.25) is 0 Å². The Morgan fingerprint density at radius 3 is 2.75 bits per heavy atom. The van der Waals surface area contributed by atoms with Crippen LogP contribution < -0.4 is 11.1 Å². The van der Waals surface area contributed by atoms with Crippen molar-refractivity contribution >= 4 is 5.69 Å². The molecule has 1 rings (SSSR count). The molecule has 0 saturated carbocycles. The molecular weight excluding hydrogens is 196 g/mol. The summed E-state index contributed by atoms with van der Waals surface area (Å²) in [7, 11) is 0. The van der Waals surface area contributed by atoms with Gasteiger partial charge in [0.2, 0.25) is 0 Å². The number of hydrogen-bond donors (Lipinski definition) is 2. The van der Waals surface area contributed by atoms with Crippen LogP contribution >= 0.6 is 0 Å². The van der Waals surface area contributed by atoms with Crippen molar-refractivity contribution in [3.05, 3.63) is 29.3 Å². The third-order valence-electron chi connectivity index (χ3n) is 2.99. The summed E-state index contributed by atoms with van der Waals surface area (Å²) < 4.78 is 0. The SMILES string of the molecule is CCCCC(C)NCc1ccc(C)c(N)c1. The van der Waals surface area contributed by atoms with E-state index in [-0.39, 0.29) is 0 Å². The van der Waals surface area contributed by atoms with E-state index >= 15 is 0 Å². The lowest BCUT2D eigenvalue weighted by atomic mass is 10.1. The van der Waals surface area contributed by atoms with Crippen LogP contribution in [0.4, 0.5) is 5.69 Å². The lowest BCUT2D eigenvalue weighted by Crippen LogP contribution is -2.25. The van der Waals surface area contributed by atoms with Crippen LogP contribution in [0.1, 0.15) is 44.2 Å². The van der Waals surface area contributed by atoms with Gasteiger partial charge >= 0.3 is 0 Å². The summed E-state index contributed by atoms with van der Waals surface area (Å²) in [6.45, 7) is 7.42. The molecule has 0 saturated heterocycles. The highest BCUT2D eigenvalue weighted by Crippen LogP contribution is 2.13. The zero-order valence-corrected chi connectivity index (χ0v) is 10.7. The monoisotopic (exact) mass is 220 g/mol. The van der Waals surface area contributed by atoms with Crippen molar-refractivity contribution < 1.29 is 0 Å². The van der Waals surface area contributed by atoms with E-state index in [9.17, 15) is 0 Å². The van der Waals surface area contributed by atoms with Crippen LogP contribution in [0.15, 0.2) is 18.2 Å². The molecule has 0 bridgehead atoms. The van der Waals surface area contributed by atoms with Crippen molar-refractivity contribution in [2.24, 2.45) is 0 Å². The van der Waals surface area contributed by atoms with Crippen molar-refractivity contribution in [1.29, 1.82) is 0 Å². The van der Waals surface area contributed by atoms with Gasteiger partial charge in [-0.15, -0.1) is 0 Å². The molecule has 2 nitrogen and oxygen atoms in total. The summed E-state index contributed by atoms with van der Waals surface area (Å²) in [6, 6.07) is 6.88. The minimum atomic E-state index is 0.586. The number of unbranched alkanes of at least 4 members (excludes halogenated alkanes) is 1. The van der Waals surface area contributed by atoms with Crippen molar-refractivity contribution in [2.45, 2.75) is 52.6 Å². The van der Waals surface area contributed by atoms with Gasteiger partial charge < -0.3 is 11.1 Å². The van der Waals surface area contributed by atoms with Crippen LogP contribution in [0.3, 0.4) is 0 Å². The van der Waals surface area contributed by atoms with Crippen molar-refractivity contribution in [2.75, 3.05) is 5.73 Å². The molecule has 0 heterocycles.